The van der Waals surface area contributed by atoms with Crippen molar-refractivity contribution in [3.63, 3.8) is 0 Å². The Balaban J connectivity index is 1.99. The summed E-state index contributed by atoms with van der Waals surface area (Å²) < 4.78 is 39.3. The fraction of sp³-hybridized carbons (Fsp3) is 0.222. The maximum Gasteiger partial charge on any atom is 0.417 e. The van der Waals surface area contributed by atoms with Crippen LogP contribution in [0.3, 0.4) is 0 Å². The van der Waals surface area contributed by atoms with E-state index >= 15 is 0 Å². The van der Waals surface area contributed by atoms with E-state index in [1.54, 1.807) is 24.4 Å². The summed E-state index contributed by atoms with van der Waals surface area (Å²) in [6.45, 7) is 1.49. The number of carbonyl (C=O) groups excluding carboxylic acids is 1. The van der Waals surface area contributed by atoms with E-state index in [4.69, 9.17) is 0 Å². The molecule has 0 saturated heterocycles. The predicted octanol–water partition coefficient (Wildman–Crippen LogP) is 3.58. The van der Waals surface area contributed by atoms with Gasteiger partial charge in [0.05, 0.1) is 11.1 Å². The fourth-order valence-electron chi connectivity index (χ4n) is 2.16. The van der Waals surface area contributed by atoms with Crippen LogP contribution in [-0.2, 0) is 6.18 Å². The fourth-order valence-corrected chi connectivity index (χ4v) is 2.16. The Kier molecular flexibility index (Phi) is 5.59. The van der Waals surface area contributed by atoms with Crippen molar-refractivity contribution >= 4 is 5.91 Å². The zero-order valence-corrected chi connectivity index (χ0v) is 12.9. The number of nitrogens with zero attached hydrogens (tertiary/aromatic N) is 1. The van der Waals surface area contributed by atoms with Gasteiger partial charge >= 0.3 is 6.18 Å². The molecular weight excluding hydrogens is 317 g/mol. The molecule has 2 rings (SSSR count). The van der Waals surface area contributed by atoms with E-state index in [1.807, 2.05) is 0 Å². The molecule has 3 nitrogen and oxygen atoms in total. The highest BCUT2D eigenvalue weighted by molar-refractivity contribution is 5.96. The minimum absolute atomic E-state index is 0.0186. The molecule has 0 aliphatic carbocycles. The summed E-state index contributed by atoms with van der Waals surface area (Å²) in [7, 11) is 0. The van der Waals surface area contributed by atoms with Crippen molar-refractivity contribution in [2.45, 2.75) is 19.5 Å². The van der Waals surface area contributed by atoms with Crippen molar-refractivity contribution in [1.82, 2.24) is 10.3 Å². The molecule has 1 aromatic heterocycles. The number of hydrogen-bond donors (Lipinski definition) is 1. The molecule has 1 amide bonds. The third-order valence-electron chi connectivity index (χ3n) is 3.22. The minimum atomic E-state index is -4.57. The van der Waals surface area contributed by atoms with Crippen LogP contribution in [0.4, 0.5) is 13.2 Å². The van der Waals surface area contributed by atoms with Gasteiger partial charge in [0, 0.05) is 19.2 Å². The van der Waals surface area contributed by atoms with Crippen molar-refractivity contribution < 1.29 is 18.0 Å². The lowest BCUT2D eigenvalue weighted by Crippen LogP contribution is -2.27. The van der Waals surface area contributed by atoms with E-state index in [2.05, 4.69) is 22.1 Å². The van der Waals surface area contributed by atoms with Crippen LogP contribution in [0.15, 0.2) is 42.6 Å². The molecule has 1 heterocycles. The Morgan fingerprint density at radius 1 is 1.21 bits per heavy atom. The quantitative estimate of drug-likeness (QED) is 0.689. The lowest BCUT2D eigenvalue weighted by atomic mass is 10.0. The molecule has 0 saturated carbocycles. The molecule has 2 aromatic rings. The van der Waals surface area contributed by atoms with Crippen molar-refractivity contribution in [3.05, 3.63) is 65.0 Å². The van der Waals surface area contributed by atoms with E-state index in [0.717, 1.165) is 0 Å². The van der Waals surface area contributed by atoms with Gasteiger partial charge in [0.2, 0.25) is 0 Å². The van der Waals surface area contributed by atoms with E-state index < -0.39 is 17.6 Å². The standard InChI is InChI=1S/C18H15F3N2O/c1-13-7-6-10-15(16(13)18(19,20)21)17(24)23-12-5-3-9-14-8-2-4-11-22-14/h2,4,6-8,10-11H,5,12H2,1H3,(H,23,24). The maximum atomic E-state index is 13.1. The first-order valence-electron chi connectivity index (χ1n) is 7.24. The van der Waals surface area contributed by atoms with Crippen molar-refractivity contribution in [2.24, 2.45) is 0 Å². The number of aromatic nitrogens is 1. The van der Waals surface area contributed by atoms with Crippen molar-refractivity contribution in [3.8, 4) is 11.8 Å². The largest absolute Gasteiger partial charge is 0.417 e. The summed E-state index contributed by atoms with van der Waals surface area (Å²) in [5.74, 6) is 4.87. The normalized spacial score (nSPS) is 10.7. The Labute approximate surface area is 137 Å². The third-order valence-corrected chi connectivity index (χ3v) is 3.22. The van der Waals surface area contributed by atoms with Crippen LogP contribution >= 0.6 is 0 Å². The number of hydrogen-bond acceptors (Lipinski definition) is 2. The number of aryl methyl sites for hydroxylation is 1. The molecule has 0 bridgehead atoms. The number of amides is 1. The van der Waals surface area contributed by atoms with Gasteiger partial charge in [-0.15, -0.1) is 0 Å². The topological polar surface area (TPSA) is 42.0 Å². The summed E-state index contributed by atoms with van der Waals surface area (Å²) in [4.78, 5) is 16.0. The first-order valence-corrected chi connectivity index (χ1v) is 7.24. The highest BCUT2D eigenvalue weighted by atomic mass is 19.4. The van der Waals surface area contributed by atoms with Crippen LogP contribution in [0.2, 0.25) is 0 Å². The smallest absolute Gasteiger partial charge is 0.351 e. The molecule has 24 heavy (non-hydrogen) atoms. The average molecular weight is 332 g/mol. The van der Waals surface area contributed by atoms with Crippen LogP contribution < -0.4 is 5.32 Å². The molecule has 0 fully saturated rings. The molecule has 6 heteroatoms. The summed E-state index contributed by atoms with van der Waals surface area (Å²) in [5, 5.41) is 2.46. The van der Waals surface area contributed by atoms with Crippen LogP contribution in [0.5, 0.6) is 0 Å². The van der Waals surface area contributed by atoms with Gasteiger partial charge in [0.25, 0.3) is 5.91 Å². The van der Waals surface area contributed by atoms with Crippen LogP contribution in [0.1, 0.15) is 33.6 Å². The van der Waals surface area contributed by atoms with Gasteiger partial charge in [-0.25, -0.2) is 4.98 Å². The van der Waals surface area contributed by atoms with Gasteiger partial charge in [-0.2, -0.15) is 13.2 Å². The highest BCUT2D eigenvalue weighted by Crippen LogP contribution is 2.34. The zero-order valence-electron chi connectivity index (χ0n) is 12.9. The molecular formula is C18H15F3N2O. The van der Waals surface area contributed by atoms with Gasteiger partial charge in [-0.05, 0) is 36.6 Å². The van der Waals surface area contributed by atoms with Gasteiger partial charge in [0.15, 0.2) is 0 Å². The summed E-state index contributed by atoms with van der Waals surface area (Å²) >= 11 is 0. The molecule has 1 N–H and O–H groups in total. The van der Waals surface area contributed by atoms with Crippen LogP contribution in [0, 0.1) is 18.8 Å². The Morgan fingerprint density at radius 2 is 2.00 bits per heavy atom. The average Bonchev–Trinajstić information content (AvgIpc) is 2.54. The number of pyridine rings is 1. The zero-order chi connectivity index (χ0) is 17.6. The second-order valence-corrected chi connectivity index (χ2v) is 5.02. The monoisotopic (exact) mass is 332 g/mol. The van der Waals surface area contributed by atoms with Gasteiger partial charge < -0.3 is 5.32 Å². The minimum Gasteiger partial charge on any atom is -0.351 e. The number of carbonyl (C=O) groups is 1. The molecule has 0 aliphatic heterocycles. The number of benzene rings is 1. The molecule has 0 atom stereocenters. The molecule has 0 radical (unpaired) electrons. The summed E-state index contributed by atoms with van der Waals surface area (Å²) in [5.41, 5.74) is -0.658. The van der Waals surface area contributed by atoms with Crippen LogP contribution in [0.25, 0.3) is 0 Å². The van der Waals surface area contributed by atoms with E-state index in [-0.39, 0.29) is 17.7 Å². The number of halogens is 3. The summed E-state index contributed by atoms with van der Waals surface area (Å²) in [6.07, 6.45) is -2.64. The number of rotatable bonds is 3. The van der Waals surface area contributed by atoms with E-state index in [0.29, 0.717) is 12.1 Å². The Bertz CT molecular complexity index is 774. The van der Waals surface area contributed by atoms with Gasteiger partial charge in [0.1, 0.15) is 5.69 Å². The third kappa shape index (κ3) is 4.59. The van der Waals surface area contributed by atoms with Crippen LogP contribution in [-0.4, -0.2) is 17.4 Å². The Morgan fingerprint density at radius 3 is 2.67 bits per heavy atom. The SMILES string of the molecule is Cc1cccc(C(=O)NCCC#Cc2ccccn2)c1C(F)(F)F. The number of alkyl halides is 3. The highest BCUT2D eigenvalue weighted by Gasteiger charge is 2.36. The molecule has 0 aliphatic rings. The number of nitrogens with one attached hydrogen (secondary N) is 1. The second-order valence-electron chi connectivity index (χ2n) is 5.02. The lowest BCUT2D eigenvalue weighted by Gasteiger charge is -2.15. The second kappa shape index (κ2) is 7.64. The van der Waals surface area contributed by atoms with Crippen molar-refractivity contribution in [2.75, 3.05) is 6.54 Å². The van der Waals surface area contributed by atoms with E-state index in [1.165, 1.54) is 25.1 Å². The molecule has 1 aromatic carbocycles. The summed E-state index contributed by atoms with van der Waals surface area (Å²) in [6, 6.07) is 9.25. The first kappa shape index (κ1) is 17.5. The Hall–Kier alpha value is -2.81. The predicted molar refractivity (Wildman–Crippen MR) is 84.2 cm³/mol. The van der Waals surface area contributed by atoms with Gasteiger partial charge in [-0.1, -0.05) is 24.1 Å². The van der Waals surface area contributed by atoms with E-state index in [9.17, 15) is 18.0 Å². The molecule has 0 unspecified atom stereocenters. The maximum absolute atomic E-state index is 13.1. The molecule has 124 valence electrons. The van der Waals surface area contributed by atoms with Crippen molar-refractivity contribution in [1.29, 1.82) is 0 Å². The lowest BCUT2D eigenvalue weighted by molar-refractivity contribution is -0.138. The molecule has 0 spiro atoms. The first-order chi connectivity index (χ1) is 11.4. The van der Waals surface area contributed by atoms with Gasteiger partial charge in [-0.3, -0.25) is 4.79 Å².